The molecule has 0 aliphatic rings. The molecule has 0 saturated carbocycles. The van der Waals surface area contributed by atoms with Crippen LogP contribution in [-0.4, -0.2) is 46.3 Å². The van der Waals surface area contributed by atoms with E-state index in [1.165, 1.54) is 19.2 Å². The number of nitrogens with zero attached hydrogens (tertiary/aromatic N) is 1. The van der Waals surface area contributed by atoms with Crippen LogP contribution in [0, 0.1) is 0 Å². The third kappa shape index (κ3) is 4.36. The lowest BCUT2D eigenvalue weighted by Crippen LogP contribution is -2.33. The van der Waals surface area contributed by atoms with Crippen molar-refractivity contribution in [2.24, 2.45) is 0 Å². The lowest BCUT2D eigenvalue weighted by molar-refractivity contribution is -0.275. The fourth-order valence-corrected chi connectivity index (χ4v) is 2.71. The average molecular weight is 312 g/mol. The van der Waals surface area contributed by atoms with Gasteiger partial charge in [-0.2, -0.15) is 4.31 Å². The second-order valence-corrected chi connectivity index (χ2v) is 5.94. The molecule has 5 nitrogen and oxygen atoms in total. The number of para-hydroxylation sites is 1. The van der Waals surface area contributed by atoms with E-state index in [-0.39, 0.29) is 6.54 Å². The van der Waals surface area contributed by atoms with E-state index in [2.05, 4.69) is 10.1 Å². The molecule has 0 amide bonds. The van der Waals surface area contributed by atoms with Gasteiger partial charge in [-0.3, -0.25) is 0 Å². The molecule has 1 N–H and O–H groups in total. The smallest absolute Gasteiger partial charge is 0.404 e. The van der Waals surface area contributed by atoms with E-state index in [1.807, 2.05) is 0 Å². The molecule has 9 heteroatoms. The van der Waals surface area contributed by atoms with Gasteiger partial charge in [-0.05, 0) is 19.2 Å². The predicted octanol–water partition coefficient (Wildman–Crippen LogP) is 1.43. The summed E-state index contributed by atoms with van der Waals surface area (Å²) in [5.74, 6) is -0.740. The van der Waals surface area contributed by atoms with Crippen LogP contribution in [0.25, 0.3) is 0 Å². The van der Waals surface area contributed by atoms with Crippen molar-refractivity contribution in [3.05, 3.63) is 24.3 Å². The zero-order valence-corrected chi connectivity index (χ0v) is 11.8. The minimum atomic E-state index is -4.95. The summed E-state index contributed by atoms with van der Waals surface area (Å²) in [6.45, 7) is 0.497. The highest BCUT2D eigenvalue weighted by Gasteiger charge is 2.34. The zero-order chi connectivity index (χ0) is 15.4. The van der Waals surface area contributed by atoms with Crippen LogP contribution in [0.4, 0.5) is 13.2 Å². The number of nitrogens with one attached hydrogen (secondary N) is 1. The molecule has 0 unspecified atom stereocenters. The van der Waals surface area contributed by atoms with Gasteiger partial charge < -0.3 is 10.1 Å². The van der Waals surface area contributed by atoms with Crippen LogP contribution in [0.5, 0.6) is 5.75 Å². The summed E-state index contributed by atoms with van der Waals surface area (Å²) in [5, 5.41) is 2.76. The van der Waals surface area contributed by atoms with Crippen molar-refractivity contribution in [1.29, 1.82) is 0 Å². The molecule has 0 aliphatic carbocycles. The molecule has 1 aromatic carbocycles. The number of alkyl halides is 3. The molecule has 20 heavy (non-hydrogen) atoms. The standard InChI is InChI=1S/C11H15F3N2O3S/c1-15-7-8-16(2)20(17,18)10-6-4-3-5-9(10)19-11(12,13)14/h3-6,15H,7-8H2,1-2H3. The molecule has 0 saturated heterocycles. The van der Waals surface area contributed by atoms with E-state index >= 15 is 0 Å². The minimum Gasteiger partial charge on any atom is -0.404 e. The summed E-state index contributed by atoms with van der Waals surface area (Å²) in [5.41, 5.74) is 0. The first-order valence-corrected chi connectivity index (χ1v) is 7.08. The topological polar surface area (TPSA) is 58.6 Å². The maximum absolute atomic E-state index is 12.3. The summed E-state index contributed by atoms with van der Waals surface area (Å²) in [6.07, 6.45) is -4.95. The molecule has 0 fully saturated rings. The summed E-state index contributed by atoms with van der Waals surface area (Å²) in [6, 6.07) is 4.65. The molecule has 114 valence electrons. The lowest BCUT2D eigenvalue weighted by Gasteiger charge is -2.19. The molecule has 0 aromatic heterocycles. The van der Waals surface area contributed by atoms with Gasteiger partial charge in [-0.25, -0.2) is 8.42 Å². The van der Waals surface area contributed by atoms with Crippen molar-refractivity contribution in [3.8, 4) is 5.75 Å². The number of hydrogen-bond acceptors (Lipinski definition) is 4. The van der Waals surface area contributed by atoms with E-state index in [1.54, 1.807) is 7.05 Å². The third-order valence-corrected chi connectivity index (χ3v) is 4.34. The Labute approximate surface area is 115 Å². The van der Waals surface area contributed by atoms with E-state index in [0.29, 0.717) is 6.54 Å². The number of hydrogen-bond donors (Lipinski definition) is 1. The monoisotopic (exact) mass is 312 g/mol. The molecule has 1 rings (SSSR count). The van der Waals surface area contributed by atoms with Crippen molar-refractivity contribution in [2.75, 3.05) is 27.2 Å². The van der Waals surface area contributed by atoms with Gasteiger partial charge in [0.2, 0.25) is 10.0 Å². The molecule has 0 radical (unpaired) electrons. The fourth-order valence-electron chi connectivity index (χ4n) is 1.43. The van der Waals surface area contributed by atoms with Gasteiger partial charge in [-0.1, -0.05) is 12.1 Å². The van der Waals surface area contributed by atoms with Gasteiger partial charge in [0.15, 0.2) is 0 Å². The van der Waals surface area contributed by atoms with Crippen molar-refractivity contribution < 1.29 is 26.3 Å². The van der Waals surface area contributed by atoms with Gasteiger partial charge >= 0.3 is 6.36 Å². The second kappa shape index (κ2) is 6.42. The number of rotatable bonds is 6. The Kier molecular flexibility index (Phi) is 5.37. The highest BCUT2D eigenvalue weighted by molar-refractivity contribution is 7.89. The number of likely N-dealkylation sites (N-methyl/N-ethyl adjacent to an activating group) is 2. The van der Waals surface area contributed by atoms with Crippen molar-refractivity contribution in [1.82, 2.24) is 9.62 Å². The second-order valence-electron chi connectivity index (χ2n) is 3.92. The SMILES string of the molecule is CNCCN(C)S(=O)(=O)c1ccccc1OC(F)(F)F. The molecule has 0 bridgehead atoms. The van der Waals surface area contributed by atoms with Crippen LogP contribution >= 0.6 is 0 Å². The third-order valence-electron chi connectivity index (χ3n) is 2.44. The predicted molar refractivity (Wildman–Crippen MR) is 66.9 cm³/mol. The van der Waals surface area contributed by atoms with Crippen LogP contribution in [0.1, 0.15) is 0 Å². The lowest BCUT2D eigenvalue weighted by atomic mass is 10.3. The Morgan fingerprint density at radius 2 is 1.90 bits per heavy atom. The summed E-state index contributed by atoms with van der Waals surface area (Å²) >= 11 is 0. The molecule has 0 atom stereocenters. The number of benzene rings is 1. The van der Waals surface area contributed by atoms with E-state index in [4.69, 9.17) is 0 Å². The van der Waals surface area contributed by atoms with E-state index in [9.17, 15) is 21.6 Å². The quantitative estimate of drug-likeness (QED) is 0.863. The summed E-state index contributed by atoms with van der Waals surface area (Å²) in [7, 11) is -1.12. The van der Waals surface area contributed by atoms with Crippen LogP contribution in [-0.2, 0) is 10.0 Å². The van der Waals surface area contributed by atoms with Crippen molar-refractivity contribution in [3.63, 3.8) is 0 Å². The van der Waals surface area contributed by atoms with Crippen LogP contribution in [0.15, 0.2) is 29.2 Å². The Balaban J connectivity index is 3.12. The highest BCUT2D eigenvalue weighted by Crippen LogP contribution is 2.30. The average Bonchev–Trinajstić information content (AvgIpc) is 2.34. The molecule has 0 spiro atoms. The van der Waals surface area contributed by atoms with E-state index < -0.39 is 27.0 Å². The molecule has 0 aliphatic heterocycles. The number of sulfonamides is 1. The molecule has 0 heterocycles. The van der Waals surface area contributed by atoms with Crippen molar-refractivity contribution in [2.45, 2.75) is 11.3 Å². The van der Waals surface area contributed by atoms with Crippen LogP contribution in [0.2, 0.25) is 0 Å². The minimum absolute atomic E-state index is 0.124. The maximum atomic E-state index is 12.3. The Bertz CT molecular complexity index is 546. The van der Waals surface area contributed by atoms with Gasteiger partial charge in [0.25, 0.3) is 0 Å². The van der Waals surface area contributed by atoms with Crippen LogP contribution < -0.4 is 10.1 Å². The molecule has 1 aromatic rings. The highest BCUT2D eigenvalue weighted by atomic mass is 32.2. The number of ether oxygens (including phenoxy) is 1. The van der Waals surface area contributed by atoms with Crippen molar-refractivity contribution >= 4 is 10.0 Å². The fraction of sp³-hybridized carbons (Fsp3) is 0.455. The van der Waals surface area contributed by atoms with Gasteiger partial charge in [0, 0.05) is 20.1 Å². The molecular weight excluding hydrogens is 297 g/mol. The first-order chi connectivity index (χ1) is 9.18. The summed E-state index contributed by atoms with van der Waals surface area (Å²) < 4.78 is 65.9. The van der Waals surface area contributed by atoms with Gasteiger partial charge in [-0.15, -0.1) is 13.2 Å². The summed E-state index contributed by atoms with van der Waals surface area (Å²) in [4.78, 5) is -0.518. The normalized spacial score (nSPS) is 12.7. The maximum Gasteiger partial charge on any atom is 0.573 e. The van der Waals surface area contributed by atoms with E-state index in [0.717, 1.165) is 16.4 Å². The Morgan fingerprint density at radius 3 is 2.45 bits per heavy atom. The zero-order valence-electron chi connectivity index (χ0n) is 10.9. The van der Waals surface area contributed by atoms with Crippen LogP contribution in [0.3, 0.4) is 0 Å². The first-order valence-electron chi connectivity index (χ1n) is 5.64. The van der Waals surface area contributed by atoms with Gasteiger partial charge in [0.1, 0.15) is 10.6 Å². The number of halogens is 3. The molecular formula is C11H15F3N2O3S. The largest absolute Gasteiger partial charge is 0.573 e. The Morgan fingerprint density at radius 1 is 1.30 bits per heavy atom. The first kappa shape index (κ1) is 16.7. The van der Waals surface area contributed by atoms with Gasteiger partial charge in [0.05, 0.1) is 0 Å². The Hall–Kier alpha value is -1.32.